The van der Waals surface area contributed by atoms with Crippen LogP contribution in [0.15, 0.2) is 48.5 Å². The van der Waals surface area contributed by atoms with E-state index in [-0.39, 0.29) is 11.8 Å². The van der Waals surface area contributed by atoms with E-state index in [1.807, 2.05) is 13.8 Å². The normalized spacial score (nSPS) is 11.1. The first-order chi connectivity index (χ1) is 14.1. The topological polar surface area (TPSA) is 105 Å². The van der Waals surface area contributed by atoms with Crippen LogP contribution in [-0.2, 0) is 14.8 Å². The lowest BCUT2D eigenvalue weighted by molar-refractivity contribution is -0.114. The van der Waals surface area contributed by atoms with Gasteiger partial charge in [0.15, 0.2) is 0 Å². The number of nitrogens with zero attached hydrogens (tertiary/aromatic N) is 1. The van der Waals surface area contributed by atoms with E-state index in [4.69, 9.17) is 4.74 Å². The Hall–Kier alpha value is -3.07. The summed E-state index contributed by atoms with van der Waals surface area (Å²) < 4.78 is 30.7. The molecule has 0 spiro atoms. The highest BCUT2D eigenvalue weighted by Gasteiger charge is 2.22. The van der Waals surface area contributed by atoms with Crippen LogP contribution < -0.4 is 19.7 Å². The van der Waals surface area contributed by atoms with Crippen molar-refractivity contribution in [1.29, 1.82) is 0 Å². The lowest BCUT2D eigenvalue weighted by Crippen LogP contribution is -2.37. The van der Waals surface area contributed by atoms with Crippen molar-refractivity contribution in [3.63, 3.8) is 0 Å². The van der Waals surface area contributed by atoms with Crippen LogP contribution in [0.5, 0.6) is 5.75 Å². The van der Waals surface area contributed by atoms with Crippen molar-refractivity contribution in [3.8, 4) is 5.75 Å². The third kappa shape index (κ3) is 6.48. The smallest absolute Gasteiger partial charge is 0.253 e. The predicted molar refractivity (Wildman–Crippen MR) is 117 cm³/mol. The van der Waals surface area contributed by atoms with Crippen molar-refractivity contribution in [3.05, 3.63) is 54.1 Å². The maximum atomic E-state index is 12.7. The van der Waals surface area contributed by atoms with E-state index >= 15 is 0 Å². The molecule has 2 aromatic carbocycles. The van der Waals surface area contributed by atoms with Crippen LogP contribution in [0.3, 0.4) is 0 Å². The van der Waals surface area contributed by atoms with E-state index in [2.05, 4.69) is 10.6 Å². The summed E-state index contributed by atoms with van der Waals surface area (Å²) >= 11 is 0. The van der Waals surface area contributed by atoms with Crippen molar-refractivity contribution in [2.24, 2.45) is 5.92 Å². The lowest BCUT2D eigenvalue weighted by Gasteiger charge is -2.22. The second-order valence-corrected chi connectivity index (χ2v) is 9.08. The average molecular weight is 434 g/mol. The number of anilines is 2. The molecule has 0 saturated heterocycles. The Balaban J connectivity index is 2.21. The van der Waals surface area contributed by atoms with Crippen molar-refractivity contribution in [2.45, 2.75) is 13.8 Å². The summed E-state index contributed by atoms with van der Waals surface area (Å²) in [5.74, 6) is -0.143. The van der Waals surface area contributed by atoms with E-state index in [9.17, 15) is 18.0 Å². The highest BCUT2D eigenvalue weighted by Crippen LogP contribution is 2.23. The molecule has 30 heavy (non-hydrogen) atoms. The van der Waals surface area contributed by atoms with Gasteiger partial charge in [0.05, 0.1) is 30.3 Å². The fraction of sp³-hybridized carbons (Fsp3) is 0.333. The van der Waals surface area contributed by atoms with E-state index < -0.39 is 22.5 Å². The maximum absolute atomic E-state index is 12.7. The van der Waals surface area contributed by atoms with Gasteiger partial charge in [0.2, 0.25) is 15.9 Å². The lowest BCUT2D eigenvalue weighted by atomic mass is 10.1. The summed E-state index contributed by atoms with van der Waals surface area (Å²) in [4.78, 5) is 25.1. The molecule has 0 radical (unpaired) electrons. The Morgan fingerprint density at radius 3 is 2.43 bits per heavy atom. The molecule has 0 aromatic heterocycles. The third-order valence-corrected chi connectivity index (χ3v) is 5.29. The zero-order chi connectivity index (χ0) is 22.3. The minimum atomic E-state index is -3.74. The van der Waals surface area contributed by atoms with Crippen molar-refractivity contribution in [2.75, 3.05) is 36.1 Å². The summed E-state index contributed by atoms with van der Waals surface area (Å²) in [5.41, 5.74) is 0.914. The van der Waals surface area contributed by atoms with Gasteiger partial charge in [-0.15, -0.1) is 0 Å². The van der Waals surface area contributed by atoms with Gasteiger partial charge in [-0.05, 0) is 30.2 Å². The SMILES string of the molecule is COc1cccc(N(CC(=O)Nc2ccccc2C(=O)NCC(C)C)S(C)(=O)=O)c1. The number of para-hydroxylation sites is 1. The number of ether oxygens (including phenoxy) is 1. The largest absolute Gasteiger partial charge is 0.497 e. The van der Waals surface area contributed by atoms with Gasteiger partial charge in [-0.1, -0.05) is 32.0 Å². The molecule has 162 valence electrons. The molecule has 0 aliphatic carbocycles. The highest BCUT2D eigenvalue weighted by atomic mass is 32.2. The van der Waals surface area contributed by atoms with Crippen LogP contribution in [0.25, 0.3) is 0 Å². The molecule has 0 aliphatic heterocycles. The molecule has 2 amide bonds. The number of methoxy groups -OCH3 is 1. The van der Waals surface area contributed by atoms with Crippen LogP contribution in [0, 0.1) is 5.92 Å². The quantitative estimate of drug-likeness (QED) is 0.632. The highest BCUT2D eigenvalue weighted by molar-refractivity contribution is 7.92. The first kappa shape index (κ1) is 23.2. The number of rotatable bonds is 9. The molecule has 0 fully saturated rings. The number of benzene rings is 2. The number of amides is 2. The molecule has 0 heterocycles. The fourth-order valence-electron chi connectivity index (χ4n) is 2.67. The van der Waals surface area contributed by atoms with Gasteiger partial charge < -0.3 is 15.4 Å². The minimum absolute atomic E-state index is 0.280. The van der Waals surface area contributed by atoms with Crippen LogP contribution in [-0.4, -0.2) is 46.7 Å². The van der Waals surface area contributed by atoms with E-state index in [1.54, 1.807) is 42.5 Å². The van der Waals surface area contributed by atoms with Crippen LogP contribution in [0.1, 0.15) is 24.2 Å². The summed E-state index contributed by atoms with van der Waals surface area (Å²) in [5, 5.41) is 5.45. The second kappa shape index (κ2) is 10.1. The molecule has 0 saturated carbocycles. The first-order valence-electron chi connectivity index (χ1n) is 9.40. The monoisotopic (exact) mass is 433 g/mol. The molecule has 2 rings (SSSR count). The average Bonchev–Trinajstić information content (AvgIpc) is 2.69. The second-order valence-electron chi connectivity index (χ2n) is 7.17. The van der Waals surface area contributed by atoms with Gasteiger partial charge in [0.1, 0.15) is 12.3 Å². The van der Waals surface area contributed by atoms with Crippen LogP contribution in [0.2, 0.25) is 0 Å². The number of carbonyl (C=O) groups excluding carboxylic acids is 2. The fourth-order valence-corrected chi connectivity index (χ4v) is 3.52. The molecular formula is C21H27N3O5S. The predicted octanol–water partition coefficient (Wildman–Crippen LogP) is 2.49. The Morgan fingerprint density at radius 1 is 1.10 bits per heavy atom. The zero-order valence-corrected chi connectivity index (χ0v) is 18.3. The Morgan fingerprint density at radius 2 is 1.80 bits per heavy atom. The van der Waals surface area contributed by atoms with Crippen molar-refractivity contribution in [1.82, 2.24) is 5.32 Å². The van der Waals surface area contributed by atoms with E-state index in [1.165, 1.54) is 13.2 Å². The van der Waals surface area contributed by atoms with Crippen molar-refractivity contribution < 1.29 is 22.7 Å². The van der Waals surface area contributed by atoms with Crippen LogP contribution in [0.4, 0.5) is 11.4 Å². The molecule has 2 aromatic rings. The molecule has 9 heteroatoms. The van der Waals surface area contributed by atoms with Crippen LogP contribution >= 0.6 is 0 Å². The van der Waals surface area contributed by atoms with Gasteiger partial charge in [-0.25, -0.2) is 8.42 Å². The number of carbonyl (C=O) groups is 2. The Kier molecular flexibility index (Phi) is 7.82. The third-order valence-electron chi connectivity index (χ3n) is 4.15. The summed E-state index contributed by atoms with van der Waals surface area (Å²) in [6.45, 7) is 4.01. The van der Waals surface area contributed by atoms with Gasteiger partial charge in [-0.3, -0.25) is 13.9 Å². The zero-order valence-electron chi connectivity index (χ0n) is 17.5. The number of nitrogens with one attached hydrogen (secondary N) is 2. The molecule has 0 bridgehead atoms. The van der Waals surface area contributed by atoms with Crippen molar-refractivity contribution >= 4 is 33.2 Å². The summed E-state index contributed by atoms with van der Waals surface area (Å²) in [6, 6.07) is 13.0. The molecule has 0 unspecified atom stereocenters. The molecular weight excluding hydrogens is 406 g/mol. The number of sulfonamides is 1. The maximum Gasteiger partial charge on any atom is 0.253 e. The van der Waals surface area contributed by atoms with Gasteiger partial charge in [-0.2, -0.15) is 0 Å². The van der Waals surface area contributed by atoms with Gasteiger partial charge in [0.25, 0.3) is 5.91 Å². The van der Waals surface area contributed by atoms with E-state index in [0.29, 0.717) is 29.2 Å². The standard InChI is InChI=1S/C21H27N3O5S/c1-15(2)13-22-21(26)18-10-5-6-11-19(18)23-20(25)14-24(30(4,27)28)16-8-7-9-17(12-16)29-3/h5-12,15H,13-14H2,1-4H3,(H,22,26)(H,23,25). The molecule has 0 atom stereocenters. The summed E-state index contributed by atoms with van der Waals surface area (Å²) in [6.07, 6.45) is 1.02. The number of hydrogen-bond donors (Lipinski definition) is 2. The van der Waals surface area contributed by atoms with E-state index in [0.717, 1.165) is 10.6 Å². The Labute approximate surface area is 177 Å². The minimum Gasteiger partial charge on any atom is -0.497 e. The Bertz CT molecular complexity index is 1010. The molecule has 2 N–H and O–H groups in total. The van der Waals surface area contributed by atoms with Gasteiger partial charge in [0, 0.05) is 12.6 Å². The van der Waals surface area contributed by atoms with Gasteiger partial charge >= 0.3 is 0 Å². The molecule has 8 nitrogen and oxygen atoms in total. The number of hydrogen-bond acceptors (Lipinski definition) is 5. The summed E-state index contributed by atoms with van der Waals surface area (Å²) in [7, 11) is -2.27. The molecule has 0 aliphatic rings. The first-order valence-corrected chi connectivity index (χ1v) is 11.3.